The predicted molar refractivity (Wildman–Crippen MR) is 99.9 cm³/mol. The van der Waals surface area contributed by atoms with Gasteiger partial charge in [0.1, 0.15) is 5.75 Å². The molecule has 1 aliphatic heterocycles. The monoisotopic (exact) mass is 357 g/mol. The molecule has 2 aromatic rings. The van der Waals surface area contributed by atoms with Crippen LogP contribution in [0.1, 0.15) is 17.5 Å². The van der Waals surface area contributed by atoms with Gasteiger partial charge in [0.2, 0.25) is 0 Å². The first-order chi connectivity index (χ1) is 12.1. The highest BCUT2D eigenvalue weighted by Gasteiger charge is 2.27. The van der Waals surface area contributed by atoms with E-state index in [-0.39, 0.29) is 19.1 Å². The molecule has 5 heteroatoms. The van der Waals surface area contributed by atoms with Crippen LogP contribution < -0.4 is 4.74 Å². The van der Waals surface area contributed by atoms with Crippen molar-refractivity contribution in [2.45, 2.75) is 30.1 Å². The lowest BCUT2D eigenvalue weighted by Crippen LogP contribution is -2.33. The Morgan fingerprint density at radius 1 is 1.28 bits per heavy atom. The van der Waals surface area contributed by atoms with Crippen LogP contribution in [0.2, 0.25) is 0 Å². The van der Waals surface area contributed by atoms with Crippen molar-refractivity contribution in [2.75, 3.05) is 19.7 Å². The van der Waals surface area contributed by atoms with E-state index in [0.717, 1.165) is 25.1 Å². The molecule has 1 heterocycles. The van der Waals surface area contributed by atoms with Crippen molar-refractivity contribution in [3.63, 3.8) is 0 Å². The zero-order valence-electron chi connectivity index (χ0n) is 14.4. The van der Waals surface area contributed by atoms with E-state index in [1.807, 2.05) is 16.7 Å². The van der Waals surface area contributed by atoms with Crippen molar-refractivity contribution in [1.29, 1.82) is 0 Å². The molecule has 1 amide bonds. The Kier molecular flexibility index (Phi) is 6.00. The number of thioether (sulfide) groups is 1. The average Bonchev–Trinajstić information content (AvgIpc) is 3.08. The van der Waals surface area contributed by atoms with Crippen LogP contribution in [0, 0.1) is 6.92 Å². The van der Waals surface area contributed by atoms with Gasteiger partial charge in [-0.25, -0.2) is 0 Å². The average molecular weight is 357 g/mol. The van der Waals surface area contributed by atoms with Crippen molar-refractivity contribution in [3.8, 4) is 5.75 Å². The number of amides is 1. The molecule has 0 bridgehead atoms. The van der Waals surface area contributed by atoms with Gasteiger partial charge in [-0.15, -0.1) is 11.8 Å². The molecular formula is C20H23NO3S. The van der Waals surface area contributed by atoms with Gasteiger partial charge in [0.05, 0.1) is 6.61 Å². The lowest BCUT2D eigenvalue weighted by atomic mass is 10.2. The van der Waals surface area contributed by atoms with Gasteiger partial charge in [-0.1, -0.05) is 29.8 Å². The molecule has 25 heavy (non-hydrogen) atoms. The van der Waals surface area contributed by atoms with Gasteiger partial charge >= 0.3 is 0 Å². The summed E-state index contributed by atoms with van der Waals surface area (Å²) in [7, 11) is 0. The van der Waals surface area contributed by atoms with Gasteiger partial charge in [0, 0.05) is 23.2 Å². The van der Waals surface area contributed by atoms with Crippen molar-refractivity contribution in [1.82, 2.24) is 4.90 Å². The minimum Gasteiger partial charge on any atom is -0.484 e. The summed E-state index contributed by atoms with van der Waals surface area (Å²) in [6.07, 6.45) is 1.01. The van der Waals surface area contributed by atoms with Crippen LogP contribution in [0.3, 0.4) is 0 Å². The minimum atomic E-state index is 0.00693. The second-order valence-corrected chi connectivity index (χ2v) is 7.65. The van der Waals surface area contributed by atoms with E-state index in [1.54, 1.807) is 24.3 Å². The molecule has 4 nitrogen and oxygen atoms in total. The van der Waals surface area contributed by atoms with E-state index in [4.69, 9.17) is 9.84 Å². The third-order valence-electron chi connectivity index (χ3n) is 4.26. The molecule has 1 unspecified atom stereocenters. The van der Waals surface area contributed by atoms with Crippen LogP contribution in [0.15, 0.2) is 53.4 Å². The lowest BCUT2D eigenvalue weighted by Gasteiger charge is -2.17. The number of likely N-dealkylation sites (tertiary alicyclic amines) is 1. The first-order valence-electron chi connectivity index (χ1n) is 8.48. The summed E-state index contributed by atoms with van der Waals surface area (Å²) in [6.45, 7) is 3.71. The minimum absolute atomic E-state index is 0.00693. The summed E-state index contributed by atoms with van der Waals surface area (Å²) in [5.74, 6) is 0.675. The molecule has 2 aromatic carbocycles. The fourth-order valence-corrected chi connectivity index (χ4v) is 4.13. The highest BCUT2D eigenvalue weighted by atomic mass is 32.2. The number of ether oxygens (including phenoxy) is 1. The van der Waals surface area contributed by atoms with Gasteiger partial charge in [-0.05, 0) is 43.2 Å². The fourth-order valence-electron chi connectivity index (χ4n) is 2.86. The maximum absolute atomic E-state index is 12.3. The molecule has 1 saturated heterocycles. The molecule has 0 radical (unpaired) electrons. The first kappa shape index (κ1) is 17.8. The summed E-state index contributed by atoms with van der Waals surface area (Å²) in [6, 6.07) is 15.6. The Bertz CT molecular complexity index is 717. The predicted octanol–water partition coefficient (Wildman–Crippen LogP) is 3.26. The number of benzene rings is 2. The number of rotatable bonds is 6. The number of carbonyl (C=O) groups excluding carboxylic acids is 1. The number of aliphatic hydroxyl groups is 1. The zero-order chi connectivity index (χ0) is 17.6. The van der Waals surface area contributed by atoms with Crippen molar-refractivity contribution in [3.05, 3.63) is 59.7 Å². The largest absolute Gasteiger partial charge is 0.484 e. The van der Waals surface area contributed by atoms with Gasteiger partial charge in [0.25, 0.3) is 5.91 Å². The van der Waals surface area contributed by atoms with Crippen LogP contribution in [0.5, 0.6) is 5.75 Å². The molecule has 0 aromatic heterocycles. The zero-order valence-corrected chi connectivity index (χ0v) is 15.2. The van der Waals surface area contributed by atoms with E-state index in [0.29, 0.717) is 11.0 Å². The van der Waals surface area contributed by atoms with Crippen LogP contribution in [0.25, 0.3) is 0 Å². The quantitative estimate of drug-likeness (QED) is 0.862. The number of carbonyl (C=O) groups is 1. The summed E-state index contributed by atoms with van der Waals surface area (Å²) >= 11 is 1.85. The number of aryl methyl sites for hydroxylation is 1. The summed E-state index contributed by atoms with van der Waals surface area (Å²) < 4.78 is 5.57. The van der Waals surface area contributed by atoms with Gasteiger partial charge in [-0.3, -0.25) is 4.79 Å². The molecule has 0 saturated carbocycles. The molecule has 1 atom stereocenters. The number of nitrogens with zero attached hydrogens (tertiary/aromatic N) is 1. The van der Waals surface area contributed by atoms with E-state index in [2.05, 4.69) is 31.2 Å². The molecule has 3 rings (SSSR count). The number of aliphatic hydroxyl groups excluding tert-OH is 1. The van der Waals surface area contributed by atoms with Gasteiger partial charge in [-0.2, -0.15) is 0 Å². The molecular weight excluding hydrogens is 334 g/mol. The smallest absolute Gasteiger partial charge is 0.260 e. The van der Waals surface area contributed by atoms with Crippen molar-refractivity contribution < 1.29 is 14.6 Å². The third-order valence-corrected chi connectivity index (χ3v) is 5.50. The Morgan fingerprint density at radius 2 is 2.08 bits per heavy atom. The second-order valence-electron chi connectivity index (χ2n) is 6.28. The molecule has 0 spiro atoms. The van der Waals surface area contributed by atoms with Gasteiger partial charge < -0.3 is 14.7 Å². The summed E-state index contributed by atoms with van der Waals surface area (Å²) in [5.41, 5.74) is 2.09. The Morgan fingerprint density at radius 3 is 2.80 bits per heavy atom. The van der Waals surface area contributed by atoms with Crippen molar-refractivity contribution in [2.24, 2.45) is 0 Å². The normalized spacial score (nSPS) is 16.9. The van der Waals surface area contributed by atoms with E-state index >= 15 is 0 Å². The highest BCUT2D eigenvalue weighted by molar-refractivity contribution is 8.00. The van der Waals surface area contributed by atoms with Crippen LogP contribution in [0.4, 0.5) is 0 Å². The number of hydrogen-bond donors (Lipinski definition) is 1. The van der Waals surface area contributed by atoms with Crippen LogP contribution in [-0.2, 0) is 11.4 Å². The first-order valence-corrected chi connectivity index (χ1v) is 9.36. The molecule has 132 valence electrons. The van der Waals surface area contributed by atoms with Crippen LogP contribution in [-0.4, -0.2) is 40.9 Å². The highest BCUT2D eigenvalue weighted by Crippen LogP contribution is 2.30. The Balaban J connectivity index is 1.47. The summed E-state index contributed by atoms with van der Waals surface area (Å²) in [4.78, 5) is 15.5. The SMILES string of the molecule is Cc1cccc(SC2CCN(C(=O)COc3ccc(CO)cc3)C2)c1. The van der Waals surface area contributed by atoms with Crippen LogP contribution >= 0.6 is 11.8 Å². The third kappa shape index (κ3) is 5.00. The standard InChI is InChI=1S/C20H23NO3S/c1-15-3-2-4-18(11-15)25-19-9-10-21(12-19)20(23)14-24-17-7-5-16(13-22)6-8-17/h2-8,11,19,22H,9-10,12-14H2,1H3. The maximum Gasteiger partial charge on any atom is 0.260 e. The fraction of sp³-hybridized carbons (Fsp3) is 0.350. The lowest BCUT2D eigenvalue weighted by molar-refractivity contribution is -0.132. The topological polar surface area (TPSA) is 49.8 Å². The Hall–Kier alpha value is -1.98. The second kappa shape index (κ2) is 8.41. The summed E-state index contributed by atoms with van der Waals surface area (Å²) in [5, 5.41) is 9.47. The molecule has 1 aliphatic rings. The van der Waals surface area contributed by atoms with E-state index in [1.165, 1.54) is 10.5 Å². The van der Waals surface area contributed by atoms with Gasteiger partial charge in [0.15, 0.2) is 6.61 Å². The molecule has 1 N–H and O–H groups in total. The molecule has 0 aliphatic carbocycles. The molecule has 1 fully saturated rings. The van der Waals surface area contributed by atoms with E-state index < -0.39 is 0 Å². The number of hydrogen-bond acceptors (Lipinski definition) is 4. The Labute approximate surface area is 152 Å². The van der Waals surface area contributed by atoms with Crippen molar-refractivity contribution >= 4 is 17.7 Å². The van der Waals surface area contributed by atoms with E-state index in [9.17, 15) is 4.79 Å². The maximum atomic E-state index is 12.3.